The van der Waals surface area contributed by atoms with Crippen molar-refractivity contribution in [1.29, 1.82) is 0 Å². The van der Waals surface area contributed by atoms with E-state index >= 15 is 0 Å². The molecule has 0 amide bonds. The van der Waals surface area contributed by atoms with E-state index in [0.29, 0.717) is 5.70 Å². The fraction of sp³-hybridized carbons (Fsp3) is 0. The van der Waals surface area contributed by atoms with E-state index in [0.717, 1.165) is 27.6 Å². The van der Waals surface area contributed by atoms with E-state index < -0.39 is 0 Å². The van der Waals surface area contributed by atoms with Gasteiger partial charge in [-0.1, -0.05) is 54.6 Å². The summed E-state index contributed by atoms with van der Waals surface area (Å²) in [5.41, 5.74) is 3.39. The number of nitrogens with one attached hydrogen (secondary N) is 1. The van der Waals surface area contributed by atoms with Crippen molar-refractivity contribution < 1.29 is 4.79 Å². The first-order chi connectivity index (χ1) is 10.3. The molecule has 0 aliphatic heterocycles. The third kappa shape index (κ3) is 1.93. The molecule has 0 fully saturated rings. The second-order valence-electron chi connectivity index (χ2n) is 5.13. The number of anilines is 1. The van der Waals surface area contributed by atoms with Crippen LogP contribution in [0, 0.1) is 0 Å². The standard InChI is InChI=1S/C19H13NO/c21-19-16-11-5-7-13-6-4-8-14(18(13)16)12-17(19)20-15-9-2-1-3-10-15/h1-12,20H. The van der Waals surface area contributed by atoms with E-state index in [1.54, 1.807) is 0 Å². The lowest BCUT2D eigenvalue weighted by Gasteiger charge is -2.18. The molecule has 4 rings (SSSR count). The summed E-state index contributed by atoms with van der Waals surface area (Å²) in [6, 6.07) is 21.7. The van der Waals surface area contributed by atoms with Gasteiger partial charge < -0.3 is 5.32 Å². The van der Waals surface area contributed by atoms with Gasteiger partial charge in [0, 0.05) is 16.6 Å². The number of carbonyl (C=O) groups is 1. The monoisotopic (exact) mass is 271 g/mol. The van der Waals surface area contributed by atoms with Gasteiger partial charge in [0.25, 0.3) is 0 Å². The van der Waals surface area contributed by atoms with Crippen molar-refractivity contribution in [2.24, 2.45) is 0 Å². The quantitative estimate of drug-likeness (QED) is 0.744. The molecule has 3 aromatic rings. The Morgan fingerprint density at radius 1 is 0.762 bits per heavy atom. The van der Waals surface area contributed by atoms with Gasteiger partial charge in [0.2, 0.25) is 5.78 Å². The average molecular weight is 271 g/mol. The Balaban J connectivity index is 1.86. The molecule has 0 heterocycles. The number of Topliss-reactive ketones (excluding diaryl/α,β-unsaturated/α-hetero) is 1. The first kappa shape index (κ1) is 11.9. The Labute approximate surface area is 122 Å². The Hall–Kier alpha value is -2.87. The molecule has 2 heteroatoms. The molecule has 0 radical (unpaired) electrons. The van der Waals surface area contributed by atoms with Crippen molar-refractivity contribution in [2.45, 2.75) is 0 Å². The summed E-state index contributed by atoms with van der Waals surface area (Å²) in [6.45, 7) is 0. The van der Waals surface area contributed by atoms with Crippen LogP contribution in [0.15, 0.2) is 72.4 Å². The molecule has 21 heavy (non-hydrogen) atoms. The highest BCUT2D eigenvalue weighted by atomic mass is 16.1. The number of rotatable bonds is 2. The van der Waals surface area contributed by atoms with Crippen molar-refractivity contribution >= 4 is 28.3 Å². The number of hydrogen-bond donors (Lipinski definition) is 1. The van der Waals surface area contributed by atoms with E-state index in [2.05, 4.69) is 5.32 Å². The van der Waals surface area contributed by atoms with Gasteiger partial charge in [0.05, 0.1) is 5.70 Å². The second-order valence-corrected chi connectivity index (χ2v) is 5.13. The molecule has 0 saturated heterocycles. The fourth-order valence-corrected chi connectivity index (χ4v) is 2.82. The van der Waals surface area contributed by atoms with Crippen molar-refractivity contribution in [1.82, 2.24) is 0 Å². The highest BCUT2D eigenvalue weighted by molar-refractivity contribution is 6.23. The van der Waals surface area contributed by atoms with Crippen LogP contribution in [-0.4, -0.2) is 5.78 Å². The van der Waals surface area contributed by atoms with E-state index in [9.17, 15) is 4.79 Å². The van der Waals surface area contributed by atoms with E-state index in [4.69, 9.17) is 0 Å². The zero-order chi connectivity index (χ0) is 14.2. The zero-order valence-corrected chi connectivity index (χ0v) is 11.3. The lowest BCUT2D eigenvalue weighted by Crippen LogP contribution is -2.15. The minimum absolute atomic E-state index is 0.0446. The van der Waals surface area contributed by atoms with Crippen LogP contribution < -0.4 is 5.32 Å². The summed E-state index contributed by atoms with van der Waals surface area (Å²) in [7, 11) is 0. The third-order valence-electron chi connectivity index (χ3n) is 3.78. The Bertz CT molecular complexity index is 873. The largest absolute Gasteiger partial charge is 0.352 e. The summed E-state index contributed by atoms with van der Waals surface area (Å²) < 4.78 is 0. The predicted octanol–water partition coefficient (Wildman–Crippen LogP) is 4.49. The number of carbonyl (C=O) groups excluding carboxylic acids is 1. The highest BCUT2D eigenvalue weighted by Crippen LogP contribution is 2.31. The zero-order valence-electron chi connectivity index (χ0n) is 11.3. The molecule has 0 bridgehead atoms. The molecular formula is C19H13NO. The highest BCUT2D eigenvalue weighted by Gasteiger charge is 2.21. The van der Waals surface area contributed by atoms with Crippen LogP contribution in [0.4, 0.5) is 5.69 Å². The van der Waals surface area contributed by atoms with Crippen LogP contribution in [-0.2, 0) is 0 Å². The van der Waals surface area contributed by atoms with Crippen molar-refractivity contribution in [3.63, 3.8) is 0 Å². The number of benzene rings is 3. The molecule has 0 saturated carbocycles. The molecule has 100 valence electrons. The summed E-state index contributed by atoms with van der Waals surface area (Å²) >= 11 is 0. The summed E-state index contributed by atoms with van der Waals surface area (Å²) in [5, 5.41) is 5.38. The summed E-state index contributed by atoms with van der Waals surface area (Å²) in [6.07, 6.45) is 1.94. The number of allylic oxidation sites excluding steroid dienone is 1. The Kier molecular flexibility index (Phi) is 2.61. The molecule has 0 unspecified atom stereocenters. The minimum Gasteiger partial charge on any atom is -0.352 e. The Morgan fingerprint density at radius 2 is 1.52 bits per heavy atom. The molecule has 2 nitrogen and oxygen atoms in total. The maximum absolute atomic E-state index is 12.7. The minimum atomic E-state index is 0.0446. The molecule has 0 aromatic heterocycles. The molecule has 3 aromatic carbocycles. The van der Waals surface area contributed by atoms with Crippen molar-refractivity contribution in [2.75, 3.05) is 5.32 Å². The van der Waals surface area contributed by atoms with E-state index in [1.165, 1.54) is 0 Å². The lowest BCUT2D eigenvalue weighted by molar-refractivity contribution is 0.103. The molecule has 0 atom stereocenters. The molecule has 1 aliphatic carbocycles. The van der Waals surface area contributed by atoms with Crippen LogP contribution in [0.25, 0.3) is 16.8 Å². The van der Waals surface area contributed by atoms with Gasteiger partial charge in [0.15, 0.2) is 0 Å². The van der Waals surface area contributed by atoms with Crippen molar-refractivity contribution in [3.8, 4) is 0 Å². The van der Waals surface area contributed by atoms with Crippen LogP contribution in [0.1, 0.15) is 15.9 Å². The SMILES string of the molecule is O=C1C(Nc2ccccc2)=Cc2cccc3cccc1c23. The van der Waals surface area contributed by atoms with Gasteiger partial charge in [-0.05, 0) is 29.2 Å². The van der Waals surface area contributed by atoms with Gasteiger partial charge in [-0.15, -0.1) is 0 Å². The molecule has 1 aliphatic rings. The van der Waals surface area contributed by atoms with Gasteiger partial charge in [0.1, 0.15) is 0 Å². The van der Waals surface area contributed by atoms with Crippen molar-refractivity contribution in [3.05, 3.63) is 83.6 Å². The maximum atomic E-state index is 12.7. The van der Waals surface area contributed by atoms with Gasteiger partial charge in [-0.2, -0.15) is 0 Å². The van der Waals surface area contributed by atoms with Crippen LogP contribution in [0.3, 0.4) is 0 Å². The maximum Gasteiger partial charge on any atom is 0.209 e. The van der Waals surface area contributed by atoms with Gasteiger partial charge >= 0.3 is 0 Å². The first-order valence-electron chi connectivity index (χ1n) is 6.93. The van der Waals surface area contributed by atoms with Crippen LogP contribution in [0.2, 0.25) is 0 Å². The van der Waals surface area contributed by atoms with Gasteiger partial charge in [-0.25, -0.2) is 0 Å². The predicted molar refractivity (Wildman–Crippen MR) is 86.3 cm³/mol. The topological polar surface area (TPSA) is 29.1 Å². The third-order valence-corrected chi connectivity index (χ3v) is 3.78. The summed E-state index contributed by atoms with van der Waals surface area (Å²) in [4.78, 5) is 12.7. The van der Waals surface area contributed by atoms with Gasteiger partial charge in [-0.3, -0.25) is 4.79 Å². The van der Waals surface area contributed by atoms with E-state index in [1.807, 2.05) is 72.8 Å². The second kappa shape index (κ2) is 4.60. The smallest absolute Gasteiger partial charge is 0.209 e. The molecular weight excluding hydrogens is 258 g/mol. The number of ketones is 1. The van der Waals surface area contributed by atoms with E-state index in [-0.39, 0.29) is 5.78 Å². The van der Waals surface area contributed by atoms with Crippen LogP contribution in [0.5, 0.6) is 0 Å². The number of hydrogen-bond acceptors (Lipinski definition) is 2. The fourth-order valence-electron chi connectivity index (χ4n) is 2.82. The summed E-state index contributed by atoms with van der Waals surface area (Å²) in [5.74, 6) is 0.0446. The average Bonchev–Trinajstić information content (AvgIpc) is 2.53. The normalized spacial score (nSPS) is 13.1. The molecule has 0 spiro atoms. The number of para-hydroxylation sites is 1. The first-order valence-corrected chi connectivity index (χ1v) is 6.93. The van der Waals surface area contributed by atoms with Crippen LogP contribution >= 0.6 is 0 Å². The lowest BCUT2D eigenvalue weighted by atomic mass is 9.90. The molecule has 1 N–H and O–H groups in total. The Morgan fingerprint density at radius 3 is 2.33 bits per heavy atom.